The molecule has 0 bridgehead atoms. The molecule has 102 valence electrons. The quantitative estimate of drug-likeness (QED) is 0.580. The summed E-state index contributed by atoms with van der Waals surface area (Å²) in [5.41, 5.74) is 3.30. The van der Waals surface area contributed by atoms with Crippen molar-refractivity contribution in [3.63, 3.8) is 0 Å². The number of rotatable bonds is 7. The largest absolute Gasteiger partial charge is 0.497 e. The fourth-order valence-electron chi connectivity index (χ4n) is 2.22. The first-order valence-electron chi connectivity index (χ1n) is 6.41. The molecule has 3 N–H and O–H groups in total. The monoisotopic (exact) mass is 254 g/mol. The molecule has 0 fully saturated rings. The highest BCUT2D eigenvalue weighted by Gasteiger charge is 2.17. The molecule has 18 heavy (non-hydrogen) atoms. The summed E-state index contributed by atoms with van der Waals surface area (Å²) >= 11 is 0. The molecule has 0 aliphatic heterocycles. The van der Waals surface area contributed by atoms with Crippen molar-refractivity contribution in [1.82, 2.24) is 5.43 Å². The minimum atomic E-state index is -0.277. The maximum absolute atomic E-state index is 13.9. The average Bonchev–Trinajstić information content (AvgIpc) is 2.36. The molecule has 0 saturated carbocycles. The van der Waals surface area contributed by atoms with Crippen molar-refractivity contribution in [2.75, 3.05) is 7.11 Å². The fraction of sp³-hybridized carbons (Fsp3) is 0.571. The number of halogens is 1. The zero-order chi connectivity index (χ0) is 13.5. The van der Waals surface area contributed by atoms with Gasteiger partial charge in [-0.3, -0.25) is 11.3 Å². The van der Waals surface area contributed by atoms with Crippen molar-refractivity contribution in [2.45, 2.75) is 39.2 Å². The number of hydrogen-bond donors (Lipinski definition) is 2. The molecular weight excluding hydrogens is 231 g/mol. The molecule has 0 spiro atoms. The predicted octanol–water partition coefficient (Wildman–Crippen LogP) is 3.17. The minimum Gasteiger partial charge on any atom is -0.497 e. The van der Waals surface area contributed by atoms with E-state index in [-0.39, 0.29) is 11.9 Å². The Bertz CT molecular complexity index is 371. The fourth-order valence-corrected chi connectivity index (χ4v) is 2.22. The van der Waals surface area contributed by atoms with Crippen LogP contribution < -0.4 is 16.0 Å². The van der Waals surface area contributed by atoms with E-state index in [1.165, 1.54) is 13.2 Å². The molecule has 2 atom stereocenters. The van der Waals surface area contributed by atoms with E-state index in [4.69, 9.17) is 10.6 Å². The highest BCUT2D eigenvalue weighted by molar-refractivity contribution is 5.30. The summed E-state index contributed by atoms with van der Waals surface area (Å²) in [5.74, 6) is 6.30. The van der Waals surface area contributed by atoms with Crippen molar-refractivity contribution < 1.29 is 9.13 Å². The van der Waals surface area contributed by atoms with E-state index in [9.17, 15) is 4.39 Å². The van der Waals surface area contributed by atoms with Gasteiger partial charge >= 0.3 is 0 Å². The summed E-state index contributed by atoms with van der Waals surface area (Å²) in [4.78, 5) is 0. The standard InChI is InChI=1S/C14H23FN2O/c1-4-5-10(2)8-14(17-16)12-7-6-11(18-3)9-13(12)15/h6-7,9-10,14,17H,4-5,8,16H2,1-3H3. The van der Waals surface area contributed by atoms with Gasteiger partial charge in [-0.25, -0.2) is 4.39 Å². The number of ether oxygens (including phenoxy) is 1. The van der Waals surface area contributed by atoms with Crippen LogP contribution in [0.2, 0.25) is 0 Å². The molecule has 1 aromatic rings. The van der Waals surface area contributed by atoms with Gasteiger partial charge in [-0.05, 0) is 18.4 Å². The zero-order valence-corrected chi connectivity index (χ0v) is 11.4. The molecule has 0 saturated heterocycles. The lowest BCUT2D eigenvalue weighted by Crippen LogP contribution is -2.30. The molecular formula is C14H23FN2O. The van der Waals surface area contributed by atoms with Crippen LogP contribution >= 0.6 is 0 Å². The van der Waals surface area contributed by atoms with Crippen molar-refractivity contribution in [3.8, 4) is 5.75 Å². The van der Waals surface area contributed by atoms with Gasteiger partial charge in [-0.2, -0.15) is 0 Å². The second kappa shape index (κ2) is 7.34. The lowest BCUT2D eigenvalue weighted by atomic mass is 9.93. The lowest BCUT2D eigenvalue weighted by Gasteiger charge is -2.21. The van der Waals surface area contributed by atoms with E-state index in [2.05, 4.69) is 19.3 Å². The third-order valence-corrected chi connectivity index (χ3v) is 3.20. The Hall–Kier alpha value is -1.13. The van der Waals surface area contributed by atoms with Crippen molar-refractivity contribution >= 4 is 0 Å². The molecule has 0 aromatic heterocycles. The molecule has 0 amide bonds. The number of hydrazine groups is 1. The summed E-state index contributed by atoms with van der Waals surface area (Å²) < 4.78 is 18.9. The predicted molar refractivity (Wildman–Crippen MR) is 71.7 cm³/mol. The number of hydrogen-bond acceptors (Lipinski definition) is 3. The van der Waals surface area contributed by atoms with Crippen LogP contribution in [0, 0.1) is 11.7 Å². The van der Waals surface area contributed by atoms with Crippen molar-refractivity contribution in [1.29, 1.82) is 0 Å². The summed E-state index contributed by atoms with van der Waals surface area (Å²) in [7, 11) is 1.52. The van der Waals surface area contributed by atoms with Crippen LogP contribution in [-0.2, 0) is 0 Å². The zero-order valence-electron chi connectivity index (χ0n) is 11.4. The van der Waals surface area contributed by atoms with Gasteiger partial charge in [-0.15, -0.1) is 0 Å². The first-order chi connectivity index (χ1) is 8.62. The molecule has 4 heteroatoms. The smallest absolute Gasteiger partial charge is 0.131 e. The van der Waals surface area contributed by atoms with E-state index >= 15 is 0 Å². The van der Waals surface area contributed by atoms with Crippen LogP contribution in [0.5, 0.6) is 5.75 Å². The lowest BCUT2D eigenvalue weighted by molar-refractivity contribution is 0.381. The SMILES string of the molecule is CCCC(C)CC(NN)c1ccc(OC)cc1F. The Morgan fingerprint density at radius 3 is 2.67 bits per heavy atom. The van der Waals surface area contributed by atoms with Gasteiger partial charge in [-0.1, -0.05) is 32.8 Å². The molecule has 0 radical (unpaired) electrons. The molecule has 0 aliphatic rings. The molecule has 1 rings (SSSR count). The second-order valence-electron chi connectivity index (χ2n) is 4.74. The van der Waals surface area contributed by atoms with Crippen LogP contribution in [0.25, 0.3) is 0 Å². The van der Waals surface area contributed by atoms with Gasteiger partial charge in [0.1, 0.15) is 11.6 Å². The third-order valence-electron chi connectivity index (χ3n) is 3.20. The van der Waals surface area contributed by atoms with Gasteiger partial charge < -0.3 is 4.74 Å². The Kier molecular flexibility index (Phi) is 6.09. The van der Waals surface area contributed by atoms with E-state index < -0.39 is 0 Å². The summed E-state index contributed by atoms with van der Waals surface area (Å²) in [6.45, 7) is 4.31. The first kappa shape index (κ1) is 14.9. The van der Waals surface area contributed by atoms with E-state index in [1.54, 1.807) is 12.1 Å². The van der Waals surface area contributed by atoms with E-state index in [0.717, 1.165) is 19.3 Å². The average molecular weight is 254 g/mol. The molecule has 2 unspecified atom stereocenters. The summed E-state index contributed by atoms with van der Waals surface area (Å²) in [6, 6.07) is 4.73. The number of methoxy groups -OCH3 is 1. The summed E-state index contributed by atoms with van der Waals surface area (Å²) in [5, 5.41) is 0. The van der Waals surface area contributed by atoms with Gasteiger partial charge in [0.25, 0.3) is 0 Å². The maximum Gasteiger partial charge on any atom is 0.131 e. The van der Waals surface area contributed by atoms with E-state index in [1.807, 2.05) is 0 Å². The maximum atomic E-state index is 13.9. The Balaban J connectivity index is 2.81. The van der Waals surface area contributed by atoms with Crippen LogP contribution in [-0.4, -0.2) is 7.11 Å². The molecule has 0 heterocycles. The van der Waals surface area contributed by atoms with Crippen LogP contribution in [0.3, 0.4) is 0 Å². The van der Waals surface area contributed by atoms with Gasteiger partial charge in [0.2, 0.25) is 0 Å². The second-order valence-corrected chi connectivity index (χ2v) is 4.74. The van der Waals surface area contributed by atoms with Crippen LogP contribution in [0.4, 0.5) is 4.39 Å². The van der Waals surface area contributed by atoms with Gasteiger partial charge in [0.05, 0.1) is 7.11 Å². The summed E-state index contributed by atoms with van der Waals surface area (Å²) in [6.07, 6.45) is 3.08. The Morgan fingerprint density at radius 2 is 2.17 bits per heavy atom. The minimum absolute atomic E-state index is 0.155. The number of nitrogens with two attached hydrogens (primary N) is 1. The van der Waals surface area contributed by atoms with Gasteiger partial charge in [0.15, 0.2) is 0 Å². The third kappa shape index (κ3) is 3.96. The van der Waals surface area contributed by atoms with Crippen molar-refractivity contribution in [2.24, 2.45) is 11.8 Å². The van der Waals surface area contributed by atoms with E-state index in [0.29, 0.717) is 17.2 Å². The molecule has 0 aliphatic carbocycles. The Labute approximate surface area is 108 Å². The number of benzene rings is 1. The number of nitrogens with one attached hydrogen (secondary N) is 1. The normalized spacial score (nSPS) is 14.3. The highest BCUT2D eigenvalue weighted by atomic mass is 19.1. The Morgan fingerprint density at radius 1 is 1.44 bits per heavy atom. The van der Waals surface area contributed by atoms with Gasteiger partial charge in [0, 0.05) is 17.7 Å². The first-order valence-corrected chi connectivity index (χ1v) is 6.41. The molecule has 1 aromatic carbocycles. The van der Waals surface area contributed by atoms with Crippen molar-refractivity contribution in [3.05, 3.63) is 29.6 Å². The van der Waals surface area contributed by atoms with Crippen LogP contribution in [0.1, 0.15) is 44.7 Å². The van der Waals surface area contributed by atoms with Crippen LogP contribution in [0.15, 0.2) is 18.2 Å². The topological polar surface area (TPSA) is 47.3 Å². The molecule has 3 nitrogen and oxygen atoms in total. The highest BCUT2D eigenvalue weighted by Crippen LogP contribution is 2.27.